The largest absolute Gasteiger partial charge is 0.481 e. The van der Waals surface area contributed by atoms with E-state index in [4.69, 9.17) is 5.73 Å². The van der Waals surface area contributed by atoms with E-state index < -0.39 is 11.4 Å². The van der Waals surface area contributed by atoms with Crippen molar-refractivity contribution in [2.24, 2.45) is 11.1 Å². The van der Waals surface area contributed by atoms with Gasteiger partial charge in [0.2, 0.25) is 5.91 Å². The van der Waals surface area contributed by atoms with E-state index in [1.54, 1.807) is 6.20 Å². The van der Waals surface area contributed by atoms with Crippen LogP contribution in [0.2, 0.25) is 0 Å². The van der Waals surface area contributed by atoms with Gasteiger partial charge in [0.1, 0.15) is 6.54 Å². The second-order valence-corrected chi connectivity index (χ2v) is 5.18. The zero-order valence-corrected chi connectivity index (χ0v) is 11.2. The van der Waals surface area contributed by atoms with E-state index in [9.17, 15) is 14.7 Å². The highest BCUT2D eigenvalue weighted by atomic mass is 16.4. The monoisotopic (exact) mass is 281 g/mol. The Hall–Kier alpha value is -1.96. The van der Waals surface area contributed by atoms with E-state index in [-0.39, 0.29) is 25.5 Å². The van der Waals surface area contributed by atoms with Gasteiger partial charge >= 0.3 is 5.97 Å². The van der Waals surface area contributed by atoms with Crippen molar-refractivity contribution < 1.29 is 14.7 Å². The van der Waals surface area contributed by atoms with Crippen molar-refractivity contribution in [2.45, 2.75) is 38.8 Å². The van der Waals surface area contributed by atoms with Gasteiger partial charge in [-0.1, -0.05) is 18.1 Å². The summed E-state index contributed by atoms with van der Waals surface area (Å²) >= 11 is 0. The Labute approximate surface area is 116 Å². The van der Waals surface area contributed by atoms with Gasteiger partial charge in [-0.3, -0.25) is 9.59 Å². The van der Waals surface area contributed by atoms with E-state index in [0.717, 1.165) is 12.8 Å². The number of hydrogen-bond acceptors (Lipinski definition) is 5. The van der Waals surface area contributed by atoms with Crippen molar-refractivity contribution in [3.8, 4) is 0 Å². The van der Waals surface area contributed by atoms with Crippen LogP contribution in [-0.4, -0.2) is 38.5 Å². The lowest BCUT2D eigenvalue weighted by molar-refractivity contribution is -0.148. The Morgan fingerprint density at radius 3 is 2.70 bits per heavy atom. The Morgan fingerprint density at radius 1 is 1.45 bits per heavy atom. The smallest absolute Gasteiger partial charge is 0.311 e. The maximum atomic E-state index is 11.8. The van der Waals surface area contributed by atoms with E-state index in [2.05, 4.69) is 15.6 Å². The van der Waals surface area contributed by atoms with Crippen LogP contribution < -0.4 is 11.1 Å². The quantitative estimate of drug-likeness (QED) is 0.645. The molecule has 0 bridgehead atoms. The molecule has 1 heterocycles. The fraction of sp³-hybridized carbons (Fsp3) is 0.667. The van der Waals surface area contributed by atoms with Gasteiger partial charge in [0.15, 0.2) is 0 Å². The zero-order valence-electron chi connectivity index (χ0n) is 11.2. The van der Waals surface area contributed by atoms with Gasteiger partial charge in [-0.05, 0) is 12.8 Å². The topological polar surface area (TPSA) is 123 Å². The van der Waals surface area contributed by atoms with Gasteiger partial charge < -0.3 is 16.2 Å². The molecule has 0 atom stereocenters. The molecule has 1 aliphatic rings. The second kappa shape index (κ2) is 6.00. The fourth-order valence-corrected chi connectivity index (χ4v) is 2.50. The molecule has 8 heteroatoms. The van der Waals surface area contributed by atoms with E-state index in [0.29, 0.717) is 18.5 Å². The first kappa shape index (κ1) is 14.4. The maximum Gasteiger partial charge on any atom is 0.311 e. The molecule has 1 amide bonds. The minimum absolute atomic E-state index is 0.0166. The number of rotatable bonds is 6. The number of carboxylic acid groups (broad SMARTS) is 1. The first-order chi connectivity index (χ1) is 9.55. The first-order valence-electron chi connectivity index (χ1n) is 6.65. The molecule has 20 heavy (non-hydrogen) atoms. The molecule has 0 saturated heterocycles. The van der Waals surface area contributed by atoms with Gasteiger partial charge in [0, 0.05) is 13.1 Å². The average Bonchev–Trinajstić information content (AvgIpc) is 3.05. The molecule has 0 radical (unpaired) electrons. The van der Waals surface area contributed by atoms with Crippen LogP contribution in [0.25, 0.3) is 0 Å². The van der Waals surface area contributed by atoms with Crippen LogP contribution >= 0.6 is 0 Å². The third-order valence-electron chi connectivity index (χ3n) is 3.74. The molecule has 0 spiro atoms. The maximum absolute atomic E-state index is 11.8. The summed E-state index contributed by atoms with van der Waals surface area (Å²) in [4.78, 5) is 23.2. The molecule has 0 aromatic carbocycles. The number of nitrogens with two attached hydrogens (primary N) is 1. The zero-order chi connectivity index (χ0) is 14.6. The van der Waals surface area contributed by atoms with E-state index >= 15 is 0 Å². The number of hydrogen-bond donors (Lipinski definition) is 3. The van der Waals surface area contributed by atoms with Gasteiger partial charge in [-0.25, -0.2) is 4.68 Å². The lowest BCUT2D eigenvalue weighted by Gasteiger charge is -2.23. The summed E-state index contributed by atoms with van der Waals surface area (Å²) in [5.74, 6) is -1.10. The van der Waals surface area contributed by atoms with Crippen LogP contribution in [0.3, 0.4) is 0 Å². The number of aromatic nitrogens is 3. The summed E-state index contributed by atoms with van der Waals surface area (Å²) in [6.45, 7) is 0.450. The molecule has 1 aromatic rings. The Balaban J connectivity index is 1.86. The number of nitrogens with one attached hydrogen (secondary N) is 1. The van der Waals surface area contributed by atoms with Crippen molar-refractivity contribution >= 4 is 11.9 Å². The first-order valence-corrected chi connectivity index (χ1v) is 6.65. The van der Waals surface area contributed by atoms with Crippen molar-refractivity contribution in [2.75, 3.05) is 6.54 Å². The number of carboxylic acids is 1. The third kappa shape index (κ3) is 3.13. The summed E-state index contributed by atoms with van der Waals surface area (Å²) in [5.41, 5.74) is 5.21. The fourth-order valence-electron chi connectivity index (χ4n) is 2.50. The predicted molar refractivity (Wildman–Crippen MR) is 69.5 cm³/mol. The van der Waals surface area contributed by atoms with Crippen LogP contribution in [0, 0.1) is 5.41 Å². The lowest BCUT2D eigenvalue weighted by atomic mass is 9.86. The molecule has 1 aromatic heterocycles. The molecular weight excluding hydrogens is 262 g/mol. The van der Waals surface area contributed by atoms with E-state index in [1.165, 1.54) is 4.68 Å². The minimum atomic E-state index is -0.832. The van der Waals surface area contributed by atoms with Crippen molar-refractivity contribution in [3.63, 3.8) is 0 Å². The molecule has 1 saturated carbocycles. The summed E-state index contributed by atoms with van der Waals surface area (Å²) in [7, 11) is 0. The molecule has 0 aliphatic heterocycles. The van der Waals surface area contributed by atoms with Crippen molar-refractivity contribution in [3.05, 3.63) is 11.9 Å². The highest BCUT2D eigenvalue weighted by Crippen LogP contribution is 2.37. The Morgan fingerprint density at radius 2 is 2.15 bits per heavy atom. The van der Waals surface area contributed by atoms with Gasteiger partial charge in [-0.2, -0.15) is 0 Å². The van der Waals surface area contributed by atoms with Crippen LogP contribution in [0.4, 0.5) is 0 Å². The molecule has 1 fully saturated rings. The van der Waals surface area contributed by atoms with Gasteiger partial charge in [0.05, 0.1) is 17.3 Å². The Kier molecular flexibility index (Phi) is 4.33. The van der Waals surface area contributed by atoms with Crippen LogP contribution in [0.5, 0.6) is 0 Å². The number of carbonyl (C=O) groups is 2. The van der Waals surface area contributed by atoms with Crippen LogP contribution in [0.15, 0.2) is 6.20 Å². The lowest BCUT2D eigenvalue weighted by Crippen LogP contribution is -2.42. The molecule has 2 rings (SSSR count). The summed E-state index contributed by atoms with van der Waals surface area (Å²) in [6.07, 6.45) is 4.62. The molecule has 0 unspecified atom stereocenters. The van der Waals surface area contributed by atoms with Crippen molar-refractivity contribution in [1.29, 1.82) is 0 Å². The molecule has 8 nitrogen and oxygen atoms in total. The summed E-state index contributed by atoms with van der Waals surface area (Å²) < 4.78 is 1.39. The highest BCUT2D eigenvalue weighted by Gasteiger charge is 2.41. The van der Waals surface area contributed by atoms with E-state index in [1.807, 2.05) is 0 Å². The average molecular weight is 281 g/mol. The molecule has 4 N–H and O–H groups in total. The number of carbonyl (C=O) groups excluding carboxylic acids is 1. The second-order valence-electron chi connectivity index (χ2n) is 5.18. The van der Waals surface area contributed by atoms with Gasteiger partial charge in [0.25, 0.3) is 0 Å². The Bertz CT molecular complexity index is 493. The number of nitrogens with zero attached hydrogens (tertiary/aromatic N) is 3. The van der Waals surface area contributed by atoms with Crippen molar-refractivity contribution in [1.82, 2.24) is 20.3 Å². The molecule has 110 valence electrons. The third-order valence-corrected chi connectivity index (χ3v) is 3.74. The summed E-state index contributed by atoms with van der Waals surface area (Å²) in [6, 6.07) is 0. The van der Waals surface area contributed by atoms with Crippen LogP contribution in [-0.2, 0) is 22.7 Å². The molecule has 1 aliphatic carbocycles. The molecular formula is C12H19N5O3. The highest BCUT2D eigenvalue weighted by molar-refractivity contribution is 5.79. The number of amides is 1. The standard InChI is InChI=1S/C12H19N5O3/c13-5-9-6-17(16-15-9)7-10(18)14-8-12(11(19)20)3-1-2-4-12/h6H,1-5,7-8,13H2,(H,14,18)(H,19,20). The van der Waals surface area contributed by atoms with Gasteiger partial charge in [-0.15, -0.1) is 5.10 Å². The SMILES string of the molecule is NCc1cn(CC(=O)NCC2(C(=O)O)CCCC2)nn1. The predicted octanol–water partition coefficient (Wildman–Crippen LogP) is -0.502. The van der Waals surface area contributed by atoms with Crippen LogP contribution in [0.1, 0.15) is 31.4 Å². The minimum Gasteiger partial charge on any atom is -0.481 e. The number of aliphatic carboxylic acids is 1. The normalized spacial score (nSPS) is 17.1. The summed E-state index contributed by atoms with van der Waals surface area (Å²) in [5, 5.41) is 19.5.